The molecule has 1 aromatic rings. The molecule has 1 rings (SSSR count). The number of sulfonamides is 1. The fourth-order valence-corrected chi connectivity index (χ4v) is 3.17. The molecule has 21 heavy (non-hydrogen) atoms. The third-order valence-corrected chi connectivity index (χ3v) is 5.07. The van der Waals surface area contributed by atoms with Crippen LogP contribution in [0.2, 0.25) is 0 Å². The van der Waals surface area contributed by atoms with Crippen molar-refractivity contribution in [1.82, 2.24) is 4.72 Å². The van der Waals surface area contributed by atoms with Crippen molar-refractivity contribution >= 4 is 10.0 Å². The van der Waals surface area contributed by atoms with Gasteiger partial charge in [0.2, 0.25) is 10.0 Å². The Bertz CT molecular complexity index is 597. The van der Waals surface area contributed by atoms with E-state index < -0.39 is 22.2 Å². The van der Waals surface area contributed by atoms with Crippen molar-refractivity contribution in [2.45, 2.75) is 57.1 Å². The minimum Gasteiger partial charge on any atom is -0.207 e. The molecule has 0 saturated heterocycles. The zero-order valence-corrected chi connectivity index (χ0v) is 13.3. The molecule has 0 bridgehead atoms. The van der Waals surface area contributed by atoms with E-state index >= 15 is 0 Å². The van der Waals surface area contributed by atoms with Crippen molar-refractivity contribution in [3.63, 3.8) is 0 Å². The smallest absolute Gasteiger partial charge is 0.207 e. The molecule has 3 nitrogen and oxygen atoms in total. The van der Waals surface area contributed by atoms with E-state index in [1.165, 1.54) is 12.1 Å². The summed E-state index contributed by atoms with van der Waals surface area (Å²) in [5.41, 5.74) is 1.76. The summed E-state index contributed by atoms with van der Waals surface area (Å²) in [7, 11) is -4.19. The van der Waals surface area contributed by atoms with Crippen LogP contribution in [0.5, 0.6) is 0 Å². The van der Waals surface area contributed by atoms with Gasteiger partial charge in [0.1, 0.15) is 6.04 Å². The van der Waals surface area contributed by atoms with Crippen LogP contribution in [-0.2, 0) is 10.0 Å². The zero-order chi connectivity index (χ0) is 16.4. The quantitative estimate of drug-likeness (QED) is 0.897. The normalized spacial score (nSPS) is 15.8. The first-order valence-corrected chi connectivity index (χ1v) is 8.17. The number of halogens is 3. The van der Waals surface area contributed by atoms with Crippen LogP contribution < -0.4 is 4.72 Å². The summed E-state index contributed by atoms with van der Waals surface area (Å²) in [4.78, 5) is -0.139. The van der Waals surface area contributed by atoms with Gasteiger partial charge < -0.3 is 0 Å². The van der Waals surface area contributed by atoms with Gasteiger partial charge in [0.25, 0.3) is 0 Å². The van der Waals surface area contributed by atoms with Gasteiger partial charge >= 0.3 is 6.18 Å². The minimum absolute atomic E-state index is 0.139. The fourth-order valence-electron chi connectivity index (χ4n) is 1.90. The first kappa shape index (κ1) is 18.0. The molecule has 0 aliphatic heterocycles. The van der Waals surface area contributed by atoms with Crippen LogP contribution in [0.4, 0.5) is 13.2 Å². The topological polar surface area (TPSA) is 46.2 Å². The Hall–Kier alpha value is -1.08. The molecule has 120 valence electrons. The second-order valence-corrected chi connectivity index (χ2v) is 6.93. The maximum Gasteiger partial charge on any atom is 0.404 e. The first-order chi connectivity index (χ1) is 9.49. The SMILES string of the molecule is CCC(C)c1cc(S(=O)(=O)NC(C)C(F)(F)F)ccc1C. The van der Waals surface area contributed by atoms with Crippen LogP contribution in [-0.4, -0.2) is 20.6 Å². The number of benzene rings is 1. The van der Waals surface area contributed by atoms with Gasteiger partial charge in [0.05, 0.1) is 4.90 Å². The van der Waals surface area contributed by atoms with Crippen LogP contribution in [0, 0.1) is 6.92 Å². The Morgan fingerprint density at radius 3 is 2.29 bits per heavy atom. The lowest BCUT2D eigenvalue weighted by Crippen LogP contribution is -2.42. The molecular weight excluding hydrogens is 303 g/mol. The van der Waals surface area contributed by atoms with Crippen molar-refractivity contribution < 1.29 is 21.6 Å². The van der Waals surface area contributed by atoms with Crippen LogP contribution >= 0.6 is 0 Å². The highest BCUT2D eigenvalue weighted by molar-refractivity contribution is 7.89. The number of aryl methyl sites for hydroxylation is 1. The van der Waals surface area contributed by atoms with Gasteiger partial charge in [-0.15, -0.1) is 0 Å². The van der Waals surface area contributed by atoms with E-state index in [4.69, 9.17) is 0 Å². The highest BCUT2D eigenvalue weighted by Crippen LogP contribution is 2.26. The predicted molar refractivity (Wildman–Crippen MR) is 75.7 cm³/mol. The maximum atomic E-state index is 12.5. The Kier molecular flexibility index (Phi) is 5.44. The van der Waals surface area contributed by atoms with E-state index in [2.05, 4.69) is 0 Å². The van der Waals surface area contributed by atoms with Crippen LogP contribution in [0.25, 0.3) is 0 Å². The molecule has 0 amide bonds. The van der Waals surface area contributed by atoms with Crippen molar-refractivity contribution in [2.24, 2.45) is 0 Å². The monoisotopic (exact) mass is 323 g/mol. The molecule has 0 heterocycles. The molecule has 1 N–H and O–H groups in total. The number of nitrogens with one attached hydrogen (secondary N) is 1. The van der Waals surface area contributed by atoms with Gasteiger partial charge in [0.15, 0.2) is 0 Å². The molecule has 2 atom stereocenters. The summed E-state index contributed by atoms with van der Waals surface area (Å²) in [6.45, 7) is 6.55. The van der Waals surface area contributed by atoms with Gasteiger partial charge in [-0.05, 0) is 49.4 Å². The van der Waals surface area contributed by atoms with E-state index in [1.807, 2.05) is 20.8 Å². The summed E-state index contributed by atoms with van der Waals surface area (Å²) < 4.78 is 63.3. The second-order valence-electron chi connectivity index (χ2n) is 5.21. The lowest BCUT2D eigenvalue weighted by Gasteiger charge is -2.19. The Morgan fingerprint density at radius 2 is 1.81 bits per heavy atom. The number of rotatable bonds is 5. The molecular formula is C14H20F3NO2S. The zero-order valence-electron chi connectivity index (χ0n) is 12.5. The van der Waals surface area contributed by atoms with Gasteiger partial charge in [0, 0.05) is 0 Å². The summed E-state index contributed by atoms with van der Waals surface area (Å²) in [5, 5.41) is 0. The van der Waals surface area contributed by atoms with Crippen LogP contribution in [0.1, 0.15) is 44.2 Å². The first-order valence-electron chi connectivity index (χ1n) is 6.68. The van der Waals surface area contributed by atoms with Gasteiger partial charge in [-0.25, -0.2) is 8.42 Å². The number of hydrogen-bond donors (Lipinski definition) is 1. The molecule has 0 saturated carbocycles. The molecule has 0 fully saturated rings. The molecule has 1 aromatic carbocycles. The third kappa shape index (κ3) is 4.44. The van der Waals surface area contributed by atoms with Crippen molar-refractivity contribution in [1.29, 1.82) is 0 Å². The average molecular weight is 323 g/mol. The van der Waals surface area contributed by atoms with Crippen molar-refractivity contribution in [3.05, 3.63) is 29.3 Å². The summed E-state index contributed by atoms with van der Waals surface area (Å²) in [6.07, 6.45) is -3.80. The Balaban J connectivity index is 3.15. The third-order valence-electron chi connectivity index (χ3n) is 3.53. The Morgan fingerprint density at radius 1 is 1.24 bits per heavy atom. The lowest BCUT2D eigenvalue weighted by atomic mass is 9.95. The molecule has 0 aliphatic rings. The summed E-state index contributed by atoms with van der Waals surface area (Å²) in [5.74, 6) is 0.139. The van der Waals surface area contributed by atoms with E-state index in [0.29, 0.717) is 0 Å². The Labute approximate surface area is 123 Å². The van der Waals surface area contributed by atoms with Crippen molar-refractivity contribution in [3.8, 4) is 0 Å². The standard InChI is InChI=1S/C14H20F3NO2S/c1-5-9(2)13-8-12(7-6-10(13)3)21(19,20)18-11(4)14(15,16)17/h6-9,11,18H,5H2,1-4H3. The summed E-state index contributed by atoms with van der Waals surface area (Å²) in [6, 6.07) is 2.27. The van der Waals surface area contributed by atoms with Crippen LogP contribution in [0.3, 0.4) is 0 Å². The maximum absolute atomic E-state index is 12.5. The second kappa shape index (κ2) is 6.36. The molecule has 0 aliphatic carbocycles. The summed E-state index contributed by atoms with van der Waals surface area (Å²) >= 11 is 0. The van der Waals surface area contributed by atoms with Crippen molar-refractivity contribution in [2.75, 3.05) is 0 Å². The lowest BCUT2D eigenvalue weighted by molar-refractivity contribution is -0.147. The van der Waals surface area contributed by atoms with Crippen LogP contribution in [0.15, 0.2) is 23.1 Å². The van der Waals surface area contributed by atoms with Gasteiger partial charge in [-0.2, -0.15) is 17.9 Å². The largest absolute Gasteiger partial charge is 0.404 e. The van der Waals surface area contributed by atoms with E-state index in [0.717, 1.165) is 24.5 Å². The van der Waals surface area contributed by atoms with E-state index in [-0.39, 0.29) is 10.8 Å². The molecule has 2 unspecified atom stereocenters. The van der Waals surface area contributed by atoms with E-state index in [1.54, 1.807) is 10.8 Å². The number of hydrogen-bond acceptors (Lipinski definition) is 2. The molecule has 0 aromatic heterocycles. The van der Waals surface area contributed by atoms with E-state index in [9.17, 15) is 21.6 Å². The molecule has 0 spiro atoms. The molecule has 0 radical (unpaired) electrons. The predicted octanol–water partition coefficient (Wildman–Crippen LogP) is 3.74. The highest BCUT2D eigenvalue weighted by Gasteiger charge is 2.38. The van der Waals surface area contributed by atoms with Gasteiger partial charge in [-0.1, -0.05) is 19.9 Å². The minimum atomic E-state index is -4.61. The average Bonchev–Trinajstić information content (AvgIpc) is 2.36. The number of alkyl halides is 3. The fraction of sp³-hybridized carbons (Fsp3) is 0.571. The highest BCUT2D eigenvalue weighted by atomic mass is 32.2. The van der Waals surface area contributed by atoms with Gasteiger partial charge in [-0.3, -0.25) is 0 Å². The molecule has 7 heteroatoms.